The Morgan fingerprint density at radius 3 is 2.12 bits per heavy atom. The largest absolute Gasteiger partial charge is 0.507 e. The standard InChI is InChI=1S/C7H6O2.C6H10O/c8-5-6-3-1-2-4-7(6)9;1-3-5-7-6-4-2/h1-5,9H;3-4H,1-2,5-6H2. The first kappa shape index (κ1) is 14.1. The van der Waals surface area contributed by atoms with Gasteiger partial charge in [0, 0.05) is 0 Å². The Hall–Kier alpha value is -1.87. The molecule has 1 aromatic rings. The highest BCUT2D eigenvalue weighted by atomic mass is 16.5. The maximum Gasteiger partial charge on any atom is 0.153 e. The van der Waals surface area contributed by atoms with Gasteiger partial charge in [-0.15, -0.1) is 13.2 Å². The number of carbonyl (C=O) groups excluding carboxylic acids is 1. The number of para-hydroxylation sites is 1. The number of rotatable bonds is 5. The summed E-state index contributed by atoms with van der Waals surface area (Å²) in [5, 5.41) is 8.88. The van der Waals surface area contributed by atoms with Gasteiger partial charge in [-0.05, 0) is 12.1 Å². The van der Waals surface area contributed by atoms with Gasteiger partial charge in [-0.2, -0.15) is 0 Å². The van der Waals surface area contributed by atoms with Crippen molar-refractivity contribution in [1.29, 1.82) is 0 Å². The lowest BCUT2D eigenvalue weighted by molar-refractivity contribution is 0.112. The molecule has 0 spiro atoms. The van der Waals surface area contributed by atoms with Gasteiger partial charge in [-0.3, -0.25) is 4.79 Å². The number of aldehydes is 1. The normalized spacial score (nSPS) is 8.50. The van der Waals surface area contributed by atoms with Crippen LogP contribution in [0.1, 0.15) is 10.4 Å². The predicted molar refractivity (Wildman–Crippen MR) is 64.7 cm³/mol. The lowest BCUT2D eigenvalue weighted by Gasteiger charge is -1.91. The van der Waals surface area contributed by atoms with Crippen molar-refractivity contribution in [3.05, 3.63) is 55.1 Å². The summed E-state index contributed by atoms with van der Waals surface area (Å²) in [5.41, 5.74) is 0.331. The molecule has 0 aliphatic carbocycles. The summed E-state index contributed by atoms with van der Waals surface area (Å²) in [6, 6.07) is 6.40. The molecule has 86 valence electrons. The van der Waals surface area contributed by atoms with Crippen molar-refractivity contribution in [2.75, 3.05) is 13.2 Å². The van der Waals surface area contributed by atoms with Crippen LogP contribution in [0.2, 0.25) is 0 Å². The molecule has 0 aliphatic rings. The zero-order chi connectivity index (χ0) is 12.2. The molecule has 0 unspecified atom stereocenters. The highest BCUT2D eigenvalue weighted by Crippen LogP contribution is 2.11. The van der Waals surface area contributed by atoms with Crippen LogP contribution in [-0.4, -0.2) is 24.6 Å². The second-order valence-electron chi connectivity index (χ2n) is 2.79. The molecule has 3 nitrogen and oxygen atoms in total. The third-order valence-electron chi connectivity index (χ3n) is 1.54. The summed E-state index contributed by atoms with van der Waals surface area (Å²) in [6.45, 7) is 8.18. The summed E-state index contributed by atoms with van der Waals surface area (Å²) < 4.78 is 4.90. The van der Waals surface area contributed by atoms with Gasteiger partial charge >= 0.3 is 0 Å². The Morgan fingerprint density at radius 2 is 1.75 bits per heavy atom. The minimum absolute atomic E-state index is 0.0347. The van der Waals surface area contributed by atoms with Gasteiger partial charge < -0.3 is 9.84 Å². The second-order valence-corrected chi connectivity index (χ2v) is 2.79. The Labute approximate surface area is 95.7 Å². The summed E-state index contributed by atoms with van der Waals surface area (Å²) in [4.78, 5) is 10.1. The SMILES string of the molecule is C=CCOCC=C.O=Cc1ccccc1O. The van der Waals surface area contributed by atoms with Crippen LogP contribution in [0, 0.1) is 0 Å². The number of hydrogen-bond acceptors (Lipinski definition) is 3. The number of aromatic hydroxyl groups is 1. The first-order valence-corrected chi connectivity index (χ1v) is 4.79. The van der Waals surface area contributed by atoms with Crippen molar-refractivity contribution in [2.45, 2.75) is 0 Å². The minimum atomic E-state index is 0.0347. The molecule has 0 atom stereocenters. The van der Waals surface area contributed by atoms with Crippen LogP contribution in [0.5, 0.6) is 5.75 Å². The molecule has 0 bridgehead atoms. The number of phenolic OH excluding ortho intramolecular Hbond substituents is 1. The maximum atomic E-state index is 10.1. The van der Waals surface area contributed by atoms with E-state index >= 15 is 0 Å². The van der Waals surface area contributed by atoms with E-state index in [0.717, 1.165) is 0 Å². The van der Waals surface area contributed by atoms with Crippen LogP contribution in [0.3, 0.4) is 0 Å². The Balaban J connectivity index is 0.000000293. The molecule has 0 radical (unpaired) electrons. The molecule has 0 amide bonds. The zero-order valence-electron chi connectivity index (χ0n) is 9.13. The van der Waals surface area contributed by atoms with E-state index in [1.807, 2.05) is 0 Å². The monoisotopic (exact) mass is 220 g/mol. The minimum Gasteiger partial charge on any atom is -0.507 e. The fourth-order valence-electron chi connectivity index (χ4n) is 0.822. The molecule has 0 saturated heterocycles. The summed E-state index contributed by atoms with van der Waals surface area (Å²) in [6.07, 6.45) is 4.04. The number of ether oxygens (including phenoxy) is 1. The van der Waals surface area contributed by atoms with E-state index in [9.17, 15) is 4.79 Å². The molecule has 3 heteroatoms. The van der Waals surface area contributed by atoms with E-state index in [4.69, 9.17) is 9.84 Å². The molecule has 0 saturated carbocycles. The van der Waals surface area contributed by atoms with Crippen LogP contribution >= 0.6 is 0 Å². The molecular weight excluding hydrogens is 204 g/mol. The Bertz CT molecular complexity index is 324. The van der Waals surface area contributed by atoms with Crippen LogP contribution in [0.25, 0.3) is 0 Å². The van der Waals surface area contributed by atoms with E-state index in [0.29, 0.717) is 25.1 Å². The smallest absolute Gasteiger partial charge is 0.153 e. The van der Waals surface area contributed by atoms with E-state index < -0.39 is 0 Å². The van der Waals surface area contributed by atoms with Gasteiger partial charge in [-0.1, -0.05) is 24.3 Å². The topological polar surface area (TPSA) is 46.5 Å². The number of carbonyl (C=O) groups is 1. The van der Waals surface area contributed by atoms with E-state index in [1.54, 1.807) is 30.4 Å². The van der Waals surface area contributed by atoms with Crippen LogP contribution < -0.4 is 0 Å². The first-order valence-electron chi connectivity index (χ1n) is 4.79. The first-order chi connectivity index (χ1) is 7.76. The highest BCUT2D eigenvalue weighted by Gasteiger charge is 1.93. The molecule has 0 heterocycles. The van der Waals surface area contributed by atoms with Crippen molar-refractivity contribution < 1.29 is 14.6 Å². The number of phenols is 1. The third kappa shape index (κ3) is 6.56. The van der Waals surface area contributed by atoms with Crippen molar-refractivity contribution in [3.63, 3.8) is 0 Å². The number of benzene rings is 1. The van der Waals surface area contributed by atoms with E-state index in [1.165, 1.54) is 6.07 Å². The van der Waals surface area contributed by atoms with Gasteiger partial charge in [0.15, 0.2) is 6.29 Å². The van der Waals surface area contributed by atoms with Crippen molar-refractivity contribution >= 4 is 6.29 Å². The quantitative estimate of drug-likeness (QED) is 0.471. The fraction of sp³-hybridized carbons (Fsp3) is 0.154. The molecule has 1 N–H and O–H groups in total. The average Bonchev–Trinajstić information content (AvgIpc) is 2.31. The van der Waals surface area contributed by atoms with Crippen molar-refractivity contribution in [1.82, 2.24) is 0 Å². The van der Waals surface area contributed by atoms with Gasteiger partial charge in [0.05, 0.1) is 18.8 Å². The fourth-order valence-corrected chi connectivity index (χ4v) is 0.822. The van der Waals surface area contributed by atoms with Crippen LogP contribution in [0.4, 0.5) is 0 Å². The Morgan fingerprint density at radius 1 is 1.19 bits per heavy atom. The van der Waals surface area contributed by atoms with Gasteiger partial charge in [0.1, 0.15) is 5.75 Å². The third-order valence-corrected chi connectivity index (χ3v) is 1.54. The van der Waals surface area contributed by atoms with Gasteiger partial charge in [-0.25, -0.2) is 0 Å². The molecule has 16 heavy (non-hydrogen) atoms. The van der Waals surface area contributed by atoms with Crippen LogP contribution in [-0.2, 0) is 4.74 Å². The predicted octanol–water partition coefficient (Wildman–Crippen LogP) is 2.58. The molecule has 0 fully saturated rings. The Kier molecular flexibility index (Phi) is 8.55. The average molecular weight is 220 g/mol. The van der Waals surface area contributed by atoms with E-state index in [2.05, 4.69) is 13.2 Å². The molecule has 1 rings (SSSR count). The van der Waals surface area contributed by atoms with E-state index in [-0.39, 0.29) is 5.75 Å². The maximum absolute atomic E-state index is 10.1. The van der Waals surface area contributed by atoms with Gasteiger partial charge in [0.25, 0.3) is 0 Å². The molecule has 0 aromatic heterocycles. The number of hydrogen-bond donors (Lipinski definition) is 1. The lowest BCUT2D eigenvalue weighted by Crippen LogP contribution is -1.87. The summed E-state index contributed by atoms with van der Waals surface area (Å²) in [5.74, 6) is 0.0347. The highest BCUT2D eigenvalue weighted by molar-refractivity contribution is 5.78. The van der Waals surface area contributed by atoms with Crippen molar-refractivity contribution in [2.24, 2.45) is 0 Å². The lowest BCUT2D eigenvalue weighted by atomic mass is 10.2. The molecule has 1 aromatic carbocycles. The second kappa shape index (κ2) is 9.68. The summed E-state index contributed by atoms with van der Waals surface area (Å²) >= 11 is 0. The molecule has 0 aliphatic heterocycles. The summed E-state index contributed by atoms with van der Waals surface area (Å²) in [7, 11) is 0. The van der Waals surface area contributed by atoms with Gasteiger partial charge in [0.2, 0.25) is 0 Å². The zero-order valence-corrected chi connectivity index (χ0v) is 9.13. The van der Waals surface area contributed by atoms with Crippen LogP contribution in [0.15, 0.2) is 49.6 Å². The molecular formula is C13H16O3. The van der Waals surface area contributed by atoms with Crippen molar-refractivity contribution in [3.8, 4) is 5.75 Å².